The summed E-state index contributed by atoms with van der Waals surface area (Å²) < 4.78 is 5.35. The second kappa shape index (κ2) is 7.74. The molecular formula is C21H28N2O3S. The van der Waals surface area contributed by atoms with Gasteiger partial charge >= 0.3 is 0 Å². The van der Waals surface area contributed by atoms with Gasteiger partial charge in [-0.05, 0) is 37.8 Å². The first-order chi connectivity index (χ1) is 13.1. The minimum Gasteiger partial charge on any atom is -0.496 e. The second-order valence-corrected chi connectivity index (χ2v) is 9.22. The Balaban J connectivity index is 1.44. The van der Waals surface area contributed by atoms with Crippen LogP contribution in [0.2, 0.25) is 0 Å². The fourth-order valence-electron chi connectivity index (χ4n) is 4.78. The lowest BCUT2D eigenvalue weighted by Gasteiger charge is -2.44. The number of ether oxygens (including phenoxy) is 1. The number of rotatable bonds is 3. The van der Waals surface area contributed by atoms with Crippen LogP contribution in [0.1, 0.15) is 48.9 Å². The van der Waals surface area contributed by atoms with Crippen molar-refractivity contribution in [1.29, 1.82) is 0 Å². The number of benzene rings is 1. The number of methoxy groups -OCH3 is 1. The fourth-order valence-corrected chi connectivity index (χ4v) is 6.24. The van der Waals surface area contributed by atoms with Crippen LogP contribution in [0, 0.1) is 5.92 Å². The lowest BCUT2D eigenvalue weighted by atomic mass is 9.98. The molecule has 1 aliphatic carbocycles. The maximum Gasteiger partial charge on any atom is 0.257 e. The molecule has 2 heterocycles. The number of hydrogen-bond acceptors (Lipinski definition) is 4. The zero-order valence-corrected chi connectivity index (χ0v) is 16.8. The number of likely N-dealkylation sites (tertiary alicyclic amines) is 1. The van der Waals surface area contributed by atoms with E-state index >= 15 is 0 Å². The number of amides is 2. The van der Waals surface area contributed by atoms with Crippen LogP contribution < -0.4 is 4.74 Å². The van der Waals surface area contributed by atoms with Crippen molar-refractivity contribution in [3.05, 3.63) is 29.8 Å². The van der Waals surface area contributed by atoms with E-state index in [0.717, 1.165) is 38.0 Å². The molecule has 2 saturated heterocycles. The molecular weight excluding hydrogens is 360 g/mol. The Labute approximate surface area is 165 Å². The van der Waals surface area contributed by atoms with Crippen LogP contribution in [0.25, 0.3) is 0 Å². The van der Waals surface area contributed by atoms with E-state index < -0.39 is 0 Å². The summed E-state index contributed by atoms with van der Waals surface area (Å²) in [7, 11) is 1.60. The molecule has 27 heavy (non-hydrogen) atoms. The Morgan fingerprint density at radius 3 is 2.52 bits per heavy atom. The van der Waals surface area contributed by atoms with Crippen LogP contribution in [-0.4, -0.2) is 59.0 Å². The molecule has 3 aliphatic rings. The van der Waals surface area contributed by atoms with Gasteiger partial charge in [0.1, 0.15) is 5.75 Å². The summed E-state index contributed by atoms with van der Waals surface area (Å²) in [6.07, 6.45) is 6.19. The molecule has 0 bridgehead atoms. The minimum atomic E-state index is -0.1000. The Kier molecular flexibility index (Phi) is 5.35. The van der Waals surface area contributed by atoms with Crippen LogP contribution in [0.3, 0.4) is 0 Å². The van der Waals surface area contributed by atoms with Gasteiger partial charge < -0.3 is 14.5 Å². The third-order valence-corrected chi connectivity index (χ3v) is 7.87. The topological polar surface area (TPSA) is 49.9 Å². The highest BCUT2D eigenvalue weighted by molar-refractivity contribution is 8.00. The largest absolute Gasteiger partial charge is 0.496 e. The fraction of sp³-hybridized carbons (Fsp3) is 0.619. The summed E-state index contributed by atoms with van der Waals surface area (Å²) >= 11 is 1.92. The van der Waals surface area contributed by atoms with Crippen LogP contribution in [0.4, 0.5) is 0 Å². The zero-order chi connectivity index (χ0) is 18.9. The molecule has 3 fully saturated rings. The van der Waals surface area contributed by atoms with Crippen molar-refractivity contribution in [2.24, 2.45) is 5.92 Å². The van der Waals surface area contributed by atoms with Crippen LogP contribution in [0.15, 0.2) is 24.3 Å². The highest BCUT2D eigenvalue weighted by Gasteiger charge is 2.48. The molecule has 1 spiro atoms. The van der Waals surface area contributed by atoms with E-state index in [9.17, 15) is 9.59 Å². The summed E-state index contributed by atoms with van der Waals surface area (Å²) in [6.45, 7) is 2.25. The second-order valence-electron chi connectivity index (χ2n) is 7.76. The third-order valence-electron chi connectivity index (χ3n) is 6.32. The van der Waals surface area contributed by atoms with Crippen molar-refractivity contribution in [3.8, 4) is 5.75 Å². The Morgan fingerprint density at radius 1 is 1.11 bits per heavy atom. The maximum atomic E-state index is 13.1. The number of nitrogens with zero attached hydrogens (tertiary/aromatic N) is 2. The van der Waals surface area contributed by atoms with E-state index in [0.29, 0.717) is 30.3 Å². The van der Waals surface area contributed by atoms with Gasteiger partial charge in [-0.2, -0.15) is 0 Å². The predicted molar refractivity (Wildman–Crippen MR) is 107 cm³/mol. The predicted octanol–water partition coefficient (Wildman–Crippen LogP) is 3.39. The van der Waals surface area contributed by atoms with Gasteiger partial charge in [0, 0.05) is 31.3 Å². The molecule has 0 radical (unpaired) electrons. The van der Waals surface area contributed by atoms with Crippen molar-refractivity contribution in [1.82, 2.24) is 9.80 Å². The molecule has 2 aliphatic heterocycles. The molecule has 6 heteroatoms. The number of thioether (sulfide) groups is 1. The first-order valence-corrected chi connectivity index (χ1v) is 11.0. The first-order valence-electron chi connectivity index (χ1n) is 10.0. The highest BCUT2D eigenvalue weighted by atomic mass is 32.2. The van der Waals surface area contributed by atoms with Gasteiger partial charge in [-0.3, -0.25) is 9.59 Å². The van der Waals surface area contributed by atoms with E-state index in [-0.39, 0.29) is 16.7 Å². The molecule has 1 saturated carbocycles. The Morgan fingerprint density at radius 2 is 1.81 bits per heavy atom. The third kappa shape index (κ3) is 3.44. The quantitative estimate of drug-likeness (QED) is 0.796. The van der Waals surface area contributed by atoms with E-state index in [1.807, 2.05) is 40.9 Å². The summed E-state index contributed by atoms with van der Waals surface area (Å²) in [5, 5.41) is 0. The molecule has 0 N–H and O–H groups in total. The molecule has 146 valence electrons. The number of hydrogen-bond donors (Lipinski definition) is 0. The molecule has 4 rings (SSSR count). The average molecular weight is 389 g/mol. The van der Waals surface area contributed by atoms with Gasteiger partial charge in [-0.15, -0.1) is 11.8 Å². The van der Waals surface area contributed by atoms with Crippen LogP contribution >= 0.6 is 11.8 Å². The summed E-state index contributed by atoms with van der Waals surface area (Å²) in [6, 6.07) is 7.40. The Bertz CT molecular complexity index is 709. The first kappa shape index (κ1) is 18.7. The number of carbonyl (C=O) groups excluding carboxylic acids is 2. The highest BCUT2D eigenvalue weighted by Crippen LogP contribution is 2.45. The van der Waals surface area contributed by atoms with E-state index in [2.05, 4.69) is 4.90 Å². The summed E-state index contributed by atoms with van der Waals surface area (Å²) in [5.41, 5.74) is 0.619. The maximum absolute atomic E-state index is 13.1. The van der Waals surface area contributed by atoms with Gasteiger partial charge in [0.2, 0.25) is 5.91 Å². The van der Waals surface area contributed by atoms with Gasteiger partial charge in [0.25, 0.3) is 5.91 Å². The van der Waals surface area contributed by atoms with Crippen molar-refractivity contribution >= 4 is 23.6 Å². The zero-order valence-electron chi connectivity index (χ0n) is 16.0. The molecule has 0 atom stereocenters. The molecule has 1 aromatic carbocycles. The van der Waals surface area contributed by atoms with Gasteiger partial charge in [-0.1, -0.05) is 25.0 Å². The van der Waals surface area contributed by atoms with E-state index in [1.165, 1.54) is 12.8 Å². The van der Waals surface area contributed by atoms with Crippen molar-refractivity contribution < 1.29 is 14.3 Å². The smallest absolute Gasteiger partial charge is 0.257 e. The number of para-hydroxylation sites is 1. The minimum absolute atomic E-state index is 0.0268. The van der Waals surface area contributed by atoms with Gasteiger partial charge in [0.05, 0.1) is 17.5 Å². The lowest BCUT2D eigenvalue weighted by Crippen LogP contribution is -2.54. The number of carbonyl (C=O) groups is 2. The average Bonchev–Trinajstić information content (AvgIpc) is 3.38. The van der Waals surface area contributed by atoms with Crippen molar-refractivity contribution in [2.75, 3.05) is 32.5 Å². The normalized spacial score (nSPS) is 22.4. The monoisotopic (exact) mass is 388 g/mol. The van der Waals surface area contributed by atoms with Crippen molar-refractivity contribution in [3.63, 3.8) is 0 Å². The summed E-state index contributed by atoms with van der Waals surface area (Å²) in [5.74, 6) is 2.25. The molecule has 1 aromatic rings. The van der Waals surface area contributed by atoms with Crippen LogP contribution in [-0.2, 0) is 4.79 Å². The van der Waals surface area contributed by atoms with E-state index in [4.69, 9.17) is 4.74 Å². The van der Waals surface area contributed by atoms with Gasteiger partial charge in [-0.25, -0.2) is 0 Å². The molecule has 0 unspecified atom stereocenters. The SMILES string of the molecule is COc1ccccc1C(=O)N1CCC2(CC1)SCCN2C(=O)C1CCCC1. The Hall–Kier alpha value is -1.69. The molecule has 0 aromatic heterocycles. The van der Waals surface area contributed by atoms with Crippen molar-refractivity contribution in [2.45, 2.75) is 43.4 Å². The molecule has 5 nitrogen and oxygen atoms in total. The number of piperidine rings is 1. The lowest BCUT2D eigenvalue weighted by molar-refractivity contribution is -0.138. The summed E-state index contributed by atoms with van der Waals surface area (Å²) in [4.78, 5) is 30.0. The van der Waals surface area contributed by atoms with E-state index in [1.54, 1.807) is 7.11 Å². The molecule has 2 amide bonds. The van der Waals surface area contributed by atoms with Gasteiger partial charge in [0.15, 0.2) is 0 Å². The standard InChI is InChI=1S/C21H28N2O3S/c1-26-18-9-5-4-8-17(18)20(25)22-12-10-21(11-13-22)23(14-15-27-21)19(24)16-6-2-3-7-16/h4-5,8-9,16H,2-3,6-7,10-15H2,1H3. The van der Waals surface area contributed by atoms with Crippen LogP contribution in [0.5, 0.6) is 5.75 Å².